The van der Waals surface area contributed by atoms with Gasteiger partial charge in [0.2, 0.25) is 0 Å². The lowest BCUT2D eigenvalue weighted by Crippen LogP contribution is -2.26. The highest BCUT2D eigenvalue weighted by Gasteiger charge is 2.34. The van der Waals surface area contributed by atoms with Gasteiger partial charge in [0.1, 0.15) is 0 Å². The predicted molar refractivity (Wildman–Crippen MR) is 89.6 cm³/mol. The fourth-order valence-corrected chi connectivity index (χ4v) is 3.62. The number of nitrogens with zero attached hydrogens (tertiary/aromatic N) is 2. The number of rotatable bonds is 3. The van der Waals surface area contributed by atoms with Gasteiger partial charge in [-0.2, -0.15) is 0 Å². The average molecular weight is 345 g/mol. The maximum absolute atomic E-state index is 12.3. The summed E-state index contributed by atoms with van der Waals surface area (Å²) in [5.41, 5.74) is 0.581. The Kier molecular flexibility index (Phi) is 3.92. The van der Waals surface area contributed by atoms with E-state index in [2.05, 4.69) is 10.3 Å². The molecule has 1 aromatic carbocycles. The lowest BCUT2D eigenvalue weighted by molar-refractivity contribution is -0.384. The minimum atomic E-state index is -0.556. The number of benzene rings is 1. The van der Waals surface area contributed by atoms with Crippen molar-refractivity contribution in [3.05, 3.63) is 50.5 Å². The molecule has 0 saturated heterocycles. The summed E-state index contributed by atoms with van der Waals surface area (Å²) in [5.74, 6) is -0.453. The zero-order valence-corrected chi connectivity index (χ0v) is 14.0. The van der Waals surface area contributed by atoms with Gasteiger partial charge in [-0.3, -0.25) is 25.0 Å². The molecule has 124 valence electrons. The molecule has 1 amide bonds. The maximum Gasteiger partial charge on any atom is 0.270 e. The molecule has 0 fully saturated rings. The number of carbonyl (C=O) groups is 2. The Labute approximate surface area is 141 Å². The highest BCUT2D eigenvalue weighted by Crippen LogP contribution is 2.38. The van der Waals surface area contributed by atoms with Crippen molar-refractivity contribution in [2.45, 2.75) is 26.7 Å². The zero-order valence-electron chi connectivity index (χ0n) is 13.2. The van der Waals surface area contributed by atoms with Crippen molar-refractivity contribution in [1.29, 1.82) is 0 Å². The first-order valence-electron chi connectivity index (χ1n) is 7.34. The van der Waals surface area contributed by atoms with Gasteiger partial charge in [0, 0.05) is 24.1 Å². The highest BCUT2D eigenvalue weighted by molar-refractivity contribution is 7.17. The van der Waals surface area contributed by atoms with E-state index >= 15 is 0 Å². The number of anilines is 1. The number of non-ortho nitro benzene ring substituents is 1. The molecular formula is C16H15N3O4S. The lowest BCUT2D eigenvalue weighted by atomic mass is 9.78. The summed E-state index contributed by atoms with van der Waals surface area (Å²) >= 11 is 1.15. The molecule has 0 radical (unpaired) electrons. The Morgan fingerprint density at radius 2 is 2.12 bits per heavy atom. The highest BCUT2D eigenvalue weighted by atomic mass is 32.1. The standard InChI is InChI=1S/C16H15N3O4S/c1-16(2)7-11-13(12(20)8-16)24-15(17-11)18-14(21)9-4-3-5-10(6-9)19(22)23/h3-6H,7-8H2,1-2H3,(H,17,18,21). The van der Waals surface area contributed by atoms with Crippen LogP contribution < -0.4 is 5.32 Å². The number of hydrogen-bond donors (Lipinski definition) is 1. The van der Waals surface area contributed by atoms with E-state index in [1.54, 1.807) is 0 Å². The summed E-state index contributed by atoms with van der Waals surface area (Å²) in [6.07, 6.45) is 1.14. The second kappa shape index (κ2) is 5.79. The number of nitrogens with one attached hydrogen (secondary N) is 1. The molecular weight excluding hydrogens is 330 g/mol. The van der Waals surface area contributed by atoms with Crippen molar-refractivity contribution in [2.24, 2.45) is 5.41 Å². The van der Waals surface area contributed by atoms with Crippen molar-refractivity contribution in [3.8, 4) is 0 Å². The molecule has 1 heterocycles. The predicted octanol–water partition coefficient (Wildman–Crippen LogP) is 3.46. The van der Waals surface area contributed by atoms with Crippen molar-refractivity contribution < 1.29 is 14.5 Å². The van der Waals surface area contributed by atoms with Crippen molar-refractivity contribution in [2.75, 3.05) is 5.32 Å². The van der Waals surface area contributed by atoms with E-state index < -0.39 is 10.8 Å². The van der Waals surface area contributed by atoms with Crippen LogP contribution >= 0.6 is 11.3 Å². The third-order valence-electron chi connectivity index (χ3n) is 3.78. The Balaban J connectivity index is 1.83. The minimum absolute atomic E-state index is 0.0367. The van der Waals surface area contributed by atoms with Gasteiger partial charge in [-0.15, -0.1) is 0 Å². The SMILES string of the molecule is CC1(C)CC(=O)c2sc(NC(=O)c3cccc([N+](=O)[O-])c3)nc2C1. The largest absolute Gasteiger partial charge is 0.298 e. The number of nitro groups is 1. The quantitative estimate of drug-likeness (QED) is 0.678. The number of nitro benzene ring substituents is 1. The van der Waals surface area contributed by atoms with Gasteiger partial charge in [0.15, 0.2) is 10.9 Å². The Hall–Kier alpha value is -2.61. The van der Waals surface area contributed by atoms with Crippen molar-refractivity contribution in [1.82, 2.24) is 4.98 Å². The average Bonchev–Trinajstić information content (AvgIpc) is 2.88. The molecule has 0 spiro atoms. The monoisotopic (exact) mass is 345 g/mol. The fourth-order valence-electron chi connectivity index (χ4n) is 2.70. The van der Waals surface area contributed by atoms with E-state index in [1.807, 2.05) is 13.8 Å². The number of fused-ring (bicyclic) bond motifs is 1. The van der Waals surface area contributed by atoms with Crippen LogP contribution in [0.25, 0.3) is 0 Å². The normalized spacial score (nSPS) is 15.7. The van der Waals surface area contributed by atoms with Crippen LogP contribution in [0.5, 0.6) is 0 Å². The first-order valence-corrected chi connectivity index (χ1v) is 8.15. The van der Waals surface area contributed by atoms with Crippen LogP contribution in [0.1, 0.15) is 46.0 Å². The second-order valence-corrected chi connectivity index (χ2v) is 7.50. The molecule has 1 aliphatic carbocycles. The number of thiazole rings is 1. The molecule has 0 unspecified atom stereocenters. The Bertz CT molecular complexity index is 857. The third-order valence-corrected chi connectivity index (χ3v) is 4.83. The molecule has 0 aliphatic heterocycles. The molecule has 7 nitrogen and oxygen atoms in total. The molecule has 0 saturated carbocycles. The topological polar surface area (TPSA) is 102 Å². The van der Waals surface area contributed by atoms with Crippen LogP contribution in [0.15, 0.2) is 24.3 Å². The second-order valence-electron chi connectivity index (χ2n) is 6.50. The van der Waals surface area contributed by atoms with Gasteiger partial charge in [0.05, 0.1) is 15.5 Å². The molecule has 1 N–H and O–H groups in total. The molecule has 1 aliphatic rings. The van der Waals surface area contributed by atoms with E-state index in [-0.39, 0.29) is 22.4 Å². The van der Waals surface area contributed by atoms with Gasteiger partial charge >= 0.3 is 0 Å². The van der Waals surface area contributed by atoms with Gasteiger partial charge in [-0.1, -0.05) is 31.3 Å². The van der Waals surface area contributed by atoms with Gasteiger partial charge in [0.25, 0.3) is 11.6 Å². The number of hydrogen-bond acceptors (Lipinski definition) is 6. The lowest BCUT2D eigenvalue weighted by Gasteiger charge is -2.26. The summed E-state index contributed by atoms with van der Waals surface area (Å²) in [5, 5.41) is 13.7. The maximum atomic E-state index is 12.3. The molecule has 0 bridgehead atoms. The molecule has 24 heavy (non-hydrogen) atoms. The number of carbonyl (C=O) groups excluding carboxylic acids is 2. The van der Waals surface area contributed by atoms with Gasteiger partial charge in [-0.25, -0.2) is 4.98 Å². The minimum Gasteiger partial charge on any atom is -0.298 e. The van der Waals surface area contributed by atoms with E-state index in [4.69, 9.17) is 0 Å². The number of Topliss-reactive ketones (excluding diaryl/α,β-unsaturated/α-hetero) is 1. The van der Waals surface area contributed by atoms with Crippen LogP contribution in [-0.2, 0) is 6.42 Å². The van der Waals surface area contributed by atoms with Crippen LogP contribution in [0, 0.1) is 15.5 Å². The van der Waals surface area contributed by atoms with E-state index in [1.165, 1.54) is 24.3 Å². The first kappa shape index (κ1) is 16.3. The zero-order chi connectivity index (χ0) is 17.5. The van der Waals surface area contributed by atoms with Crippen LogP contribution in [-0.4, -0.2) is 21.6 Å². The molecule has 3 rings (SSSR count). The number of amides is 1. The fraction of sp³-hybridized carbons (Fsp3) is 0.312. The van der Waals surface area contributed by atoms with E-state index in [0.29, 0.717) is 28.5 Å². The smallest absolute Gasteiger partial charge is 0.270 e. The Morgan fingerprint density at radius 3 is 2.83 bits per heavy atom. The first-order chi connectivity index (χ1) is 11.2. The van der Waals surface area contributed by atoms with E-state index in [0.717, 1.165) is 11.3 Å². The van der Waals surface area contributed by atoms with Crippen LogP contribution in [0.3, 0.4) is 0 Å². The molecule has 0 atom stereocenters. The Morgan fingerprint density at radius 1 is 1.38 bits per heavy atom. The molecule has 8 heteroatoms. The molecule has 2 aromatic rings. The summed E-state index contributed by atoms with van der Waals surface area (Å²) < 4.78 is 0. The van der Waals surface area contributed by atoms with Gasteiger partial charge in [-0.05, 0) is 17.9 Å². The third kappa shape index (κ3) is 3.18. The number of ketones is 1. The number of aromatic nitrogens is 1. The van der Waals surface area contributed by atoms with Crippen molar-refractivity contribution in [3.63, 3.8) is 0 Å². The summed E-state index contributed by atoms with van der Waals surface area (Å²) in [6.45, 7) is 4.02. The molecule has 1 aromatic heterocycles. The van der Waals surface area contributed by atoms with E-state index in [9.17, 15) is 19.7 Å². The van der Waals surface area contributed by atoms with Crippen LogP contribution in [0.2, 0.25) is 0 Å². The van der Waals surface area contributed by atoms with Gasteiger partial charge < -0.3 is 0 Å². The van der Waals surface area contributed by atoms with Crippen LogP contribution in [0.4, 0.5) is 10.8 Å². The summed E-state index contributed by atoms with van der Waals surface area (Å²) in [7, 11) is 0. The van der Waals surface area contributed by atoms with Crippen molar-refractivity contribution >= 4 is 33.8 Å². The summed E-state index contributed by atoms with van der Waals surface area (Å²) in [6, 6.07) is 5.47. The summed E-state index contributed by atoms with van der Waals surface area (Å²) in [4.78, 5) is 39.6.